The summed E-state index contributed by atoms with van der Waals surface area (Å²) in [6.45, 7) is 6.45. The number of ketones is 2. The van der Waals surface area contributed by atoms with E-state index in [1.807, 2.05) is 12.1 Å². The fourth-order valence-corrected chi connectivity index (χ4v) is 15.8. The molecule has 0 bridgehead atoms. The number of allylic oxidation sites excluding steroid dienone is 2. The topological polar surface area (TPSA) is 43.4 Å². The van der Waals surface area contributed by atoms with Crippen LogP contribution >= 0.6 is 20.8 Å². The van der Waals surface area contributed by atoms with Crippen molar-refractivity contribution in [2.24, 2.45) is 5.92 Å². The molecule has 1 unspecified atom stereocenters. The molecule has 2 aliphatic carbocycles. The SMILES string of the molecule is CC(CC(C)(C)OC1=C(C2CCCCC2)C(=O)c2ccccc2C1=O)P(Br)(c1ccccc1)(c1ccccc1)c1ccccc1. The number of ether oxygens (including phenoxy) is 1. The molecule has 0 aromatic heterocycles. The van der Waals surface area contributed by atoms with Crippen LogP contribution in [0.25, 0.3) is 0 Å². The van der Waals surface area contributed by atoms with Gasteiger partial charge in [-0.25, -0.2) is 0 Å². The summed E-state index contributed by atoms with van der Waals surface area (Å²) in [5.74, 6) is 0.0860. The molecule has 1 fully saturated rings. The van der Waals surface area contributed by atoms with E-state index >= 15 is 0 Å². The van der Waals surface area contributed by atoms with E-state index in [-0.39, 0.29) is 28.9 Å². The number of halogens is 1. The maximum atomic E-state index is 14.2. The van der Waals surface area contributed by atoms with E-state index < -0.39 is 10.9 Å². The van der Waals surface area contributed by atoms with Gasteiger partial charge in [0.05, 0.1) is 0 Å². The molecule has 6 rings (SSSR count). The van der Waals surface area contributed by atoms with E-state index in [0.717, 1.165) is 25.7 Å². The van der Waals surface area contributed by atoms with Crippen molar-refractivity contribution in [3.8, 4) is 0 Å². The van der Waals surface area contributed by atoms with Gasteiger partial charge in [0, 0.05) is 0 Å². The number of Topliss-reactive ketones (excluding diaryl/α,β-unsaturated/α-hetero) is 2. The average molecular weight is 682 g/mol. The van der Waals surface area contributed by atoms with E-state index in [1.54, 1.807) is 12.1 Å². The van der Waals surface area contributed by atoms with Crippen LogP contribution < -0.4 is 15.9 Å². The molecule has 0 heterocycles. The van der Waals surface area contributed by atoms with E-state index in [0.29, 0.717) is 23.1 Å². The third-order valence-electron chi connectivity index (χ3n) is 9.90. The molecule has 0 aliphatic heterocycles. The van der Waals surface area contributed by atoms with Crippen molar-refractivity contribution in [3.05, 3.63) is 138 Å². The molecule has 0 N–H and O–H groups in total. The molecule has 4 aromatic carbocycles. The summed E-state index contributed by atoms with van der Waals surface area (Å²) in [6, 6.07) is 39.5. The Morgan fingerprint density at radius 2 is 1.11 bits per heavy atom. The minimum atomic E-state index is -3.31. The van der Waals surface area contributed by atoms with Crippen LogP contribution in [0, 0.1) is 5.92 Å². The normalized spacial score (nSPS) is 17.7. The van der Waals surface area contributed by atoms with Gasteiger partial charge in [-0.2, -0.15) is 0 Å². The zero-order chi connectivity index (χ0) is 31.7. The molecule has 4 aromatic rings. The second kappa shape index (κ2) is 12.5. The van der Waals surface area contributed by atoms with Gasteiger partial charge in [0.25, 0.3) is 0 Å². The first-order valence-corrected chi connectivity index (χ1v) is 20.5. The summed E-state index contributed by atoms with van der Waals surface area (Å²) in [5.41, 5.74) is 0.831. The molecule has 3 nitrogen and oxygen atoms in total. The number of rotatable bonds is 9. The van der Waals surface area contributed by atoms with Crippen LogP contribution in [0.1, 0.15) is 80.0 Å². The summed E-state index contributed by atoms with van der Waals surface area (Å²) < 4.78 is 6.91. The molecule has 232 valence electrons. The first-order chi connectivity index (χ1) is 21.7. The second-order valence-corrected chi connectivity index (χ2v) is 22.3. The summed E-state index contributed by atoms with van der Waals surface area (Å²) in [6.07, 6.45) is 5.75. The summed E-state index contributed by atoms with van der Waals surface area (Å²) in [4.78, 5) is 28.2. The number of fused-ring (bicyclic) bond motifs is 1. The van der Waals surface area contributed by atoms with Crippen molar-refractivity contribution < 1.29 is 14.3 Å². The van der Waals surface area contributed by atoms with Crippen LogP contribution in [0.3, 0.4) is 0 Å². The van der Waals surface area contributed by atoms with Gasteiger partial charge in [-0.3, -0.25) is 0 Å². The van der Waals surface area contributed by atoms with Gasteiger partial charge < -0.3 is 0 Å². The number of benzene rings is 4. The van der Waals surface area contributed by atoms with E-state index in [9.17, 15) is 9.59 Å². The van der Waals surface area contributed by atoms with Crippen molar-refractivity contribution in [3.63, 3.8) is 0 Å². The van der Waals surface area contributed by atoms with Crippen LogP contribution in [-0.4, -0.2) is 22.8 Å². The van der Waals surface area contributed by atoms with Crippen LogP contribution in [0.5, 0.6) is 0 Å². The second-order valence-electron chi connectivity index (χ2n) is 13.3. The van der Waals surface area contributed by atoms with Gasteiger partial charge >= 0.3 is 277 Å². The van der Waals surface area contributed by atoms with Crippen molar-refractivity contribution in [1.82, 2.24) is 0 Å². The standard InChI is InChI=1S/C40H42BrO3P/c1-29(45(41,31-20-10-5-11-21-31,32-22-12-6-13-23-32)33-24-14-7-15-25-33)28-40(2,3)44-39-36(30-18-8-4-9-19-30)37(42)34-26-16-17-27-35(34)38(39)43/h5-7,10-17,20-27,29-30H,4,8-9,18-19,28H2,1-3H3. The van der Waals surface area contributed by atoms with E-state index in [1.165, 1.54) is 22.3 Å². The van der Waals surface area contributed by atoms with Crippen LogP contribution in [0.2, 0.25) is 0 Å². The molecular formula is C40H42BrO3P. The third-order valence-corrected chi connectivity index (χ3v) is 21.4. The van der Waals surface area contributed by atoms with Crippen LogP contribution in [0.15, 0.2) is 127 Å². The van der Waals surface area contributed by atoms with E-state index in [4.69, 9.17) is 4.74 Å². The van der Waals surface area contributed by atoms with Crippen molar-refractivity contribution >= 4 is 48.3 Å². The Kier molecular flexibility index (Phi) is 8.76. The van der Waals surface area contributed by atoms with Crippen LogP contribution in [0.4, 0.5) is 0 Å². The van der Waals surface area contributed by atoms with Gasteiger partial charge in [0.2, 0.25) is 0 Å². The molecule has 0 spiro atoms. The van der Waals surface area contributed by atoms with Gasteiger partial charge in [-0.05, 0) is 0 Å². The van der Waals surface area contributed by atoms with Crippen LogP contribution in [-0.2, 0) is 4.74 Å². The minimum absolute atomic E-state index is 0.0418. The van der Waals surface area contributed by atoms with Gasteiger partial charge in [0.1, 0.15) is 0 Å². The number of hydrogen-bond acceptors (Lipinski definition) is 3. The van der Waals surface area contributed by atoms with Gasteiger partial charge in [-0.15, -0.1) is 0 Å². The monoisotopic (exact) mass is 680 g/mol. The molecular weight excluding hydrogens is 639 g/mol. The Balaban J connectivity index is 1.47. The van der Waals surface area contributed by atoms with Crippen molar-refractivity contribution in [2.75, 3.05) is 0 Å². The predicted octanol–water partition coefficient (Wildman–Crippen LogP) is 9.31. The molecule has 1 atom stereocenters. The Morgan fingerprint density at radius 3 is 1.58 bits per heavy atom. The Bertz CT molecular complexity index is 1620. The first kappa shape index (κ1) is 31.6. The quantitative estimate of drug-likeness (QED) is 0.166. The van der Waals surface area contributed by atoms with Gasteiger partial charge in [0.15, 0.2) is 0 Å². The third kappa shape index (κ3) is 5.45. The number of hydrogen-bond donors (Lipinski definition) is 0. The molecule has 1 saturated carbocycles. The summed E-state index contributed by atoms with van der Waals surface area (Å²) >= 11 is 4.62. The van der Waals surface area contributed by atoms with Gasteiger partial charge in [-0.1, -0.05) is 0 Å². The predicted molar refractivity (Wildman–Crippen MR) is 192 cm³/mol. The fraction of sp³-hybridized carbons (Fsp3) is 0.300. The first-order valence-electron chi connectivity index (χ1n) is 16.2. The number of carbonyl (C=O) groups is 2. The molecule has 0 amide bonds. The molecule has 2 aliphatic rings. The maximum absolute atomic E-state index is 14.2. The zero-order valence-corrected chi connectivity index (χ0v) is 28.9. The Hall–Kier alpha value is -3.33. The van der Waals surface area contributed by atoms with Crippen molar-refractivity contribution in [1.29, 1.82) is 0 Å². The molecule has 0 radical (unpaired) electrons. The molecule has 0 saturated heterocycles. The Morgan fingerprint density at radius 1 is 0.689 bits per heavy atom. The summed E-state index contributed by atoms with van der Waals surface area (Å²) in [5, 5.41) is 0.415. The molecule has 5 heteroatoms. The average Bonchev–Trinajstić information content (AvgIpc) is 3.08. The summed E-state index contributed by atoms with van der Waals surface area (Å²) in [7, 11) is 0. The van der Waals surface area contributed by atoms with E-state index in [2.05, 4.69) is 127 Å². The Labute approximate surface area is 275 Å². The van der Waals surface area contributed by atoms with Crippen molar-refractivity contribution in [2.45, 2.75) is 70.6 Å². The fourth-order valence-electron chi connectivity index (χ4n) is 7.81. The number of carbonyl (C=O) groups excluding carboxylic acids is 2. The zero-order valence-electron chi connectivity index (χ0n) is 26.4. The molecule has 45 heavy (non-hydrogen) atoms.